The van der Waals surface area contributed by atoms with Gasteiger partial charge < -0.3 is 15.5 Å². The molecule has 3 aliphatic rings. The molecule has 3 saturated heterocycles. The van der Waals surface area contributed by atoms with E-state index in [9.17, 15) is 18.0 Å². The summed E-state index contributed by atoms with van der Waals surface area (Å²) in [5, 5.41) is 7.39. The van der Waals surface area contributed by atoms with E-state index in [1.54, 1.807) is 22.4 Å². The van der Waals surface area contributed by atoms with E-state index in [1.165, 1.54) is 23.5 Å². The molecule has 2 N–H and O–H groups in total. The molecule has 5 rings (SSSR count). The maximum Gasteiger partial charge on any atom is 0.261 e. The van der Waals surface area contributed by atoms with Crippen molar-refractivity contribution in [2.75, 3.05) is 36.0 Å². The quantitative estimate of drug-likeness (QED) is 0.607. The lowest BCUT2D eigenvalue weighted by atomic mass is 9.85. The highest BCUT2D eigenvalue weighted by Crippen LogP contribution is 2.37. The van der Waals surface area contributed by atoms with E-state index >= 15 is 8.78 Å². The summed E-state index contributed by atoms with van der Waals surface area (Å²) >= 11 is 1.32. The smallest absolute Gasteiger partial charge is 0.261 e. The van der Waals surface area contributed by atoms with Crippen LogP contribution in [-0.4, -0.2) is 57.4 Å². The predicted octanol–water partition coefficient (Wildman–Crippen LogP) is 2.69. The summed E-state index contributed by atoms with van der Waals surface area (Å²) in [6, 6.07) is 5.64. The third-order valence-electron chi connectivity index (χ3n) is 7.34. The minimum atomic E-state index is -2.89. The van der Waals surface area contributed by atoms with Gasteiger partial charge in [0.25, 0.3) is 5.91 Å². The fourth-order valence-corrected chi connectivity index (χ4v) is 7.83. The molecule has 11 heteroatoms. The van der Waals surface area contributed by atoms with Gasteiger partial charge in [-0.05, 0) is 60.2 Å². The number of nitrogens with zero attached hydrogens (tertiary/aromatic N) is 1. The molecule has 1 aromatic heterocycles. The Labute approximate surface area is 206 Å². The molecule has 0 saturated carbocycles. The molecule has 0 bridgehead atoms. The zero-order valence-electron chi connectivity index (χ0n) is 19.0. The van der Waals surface area contributed by atoms with E-state index in [0.29, 0.717) is 37.2 Å². The Balaban J connectivity index is 1.20. The Kier molecular flexibility index (Phi) is 6.56. The molecular weight excluding hydrogens is 496 g/mol. The predicted molar refractivity (Wildman–Crippen MR) is 129 cm³/mol. The molecule has 188 valence electrons. The molecule has 2 amide bonds. The van der Waals surface area contributed by atoms with Crippen LogP contribution in [0.25, 0.3) is 0 Å². The summed E-state index contributed by atoms with van der Waals surface area (Å²) in [5.74, 6) is -1.77. The van der Waals surface area contributed by atoms with Crippen LogP contribution in [0.15, 0.2) is 29.6 Å². The Hall–Kier alpha value is -2.53. The third kappa shape index (κ3) is 5.06. The van der Waals surface area contributed by atoms with Crippen LogP contribution in [0.4, 0.5) is 14.5 Å². The zero-order chi connectivity index (χ0) is 24.7. The van der Waals surface area contributed by atoms with Crippen molar-refractivity contribution in [3.63, 3.8) is 0 Å². The van der Waals surface area contributed by atoms with Crippen LogP contribution in [0.5, 0.6) is 0 Å². The number of nitrogens with one attached hydrogen (secondary N) is 2. The summed E-state index contributed by atoms with van der Waals surface area (Å²) in [6.07, 6.45) is 1.73. The Morgan fingerprint density at radius 1 is 1.14 bits per heavy atom. The van der Waals surface area contributed by atoms with Crippen molar-refractivity contribution < 1.29 is 26.8 Å². The fourth-order valence-electron chi connectivity index (χ4n) is 5.44. The SMILES string of the molecule is O=C(NCC1C[C@@H](c2cc(F)c(N3CCC(C4CS(=O)(=O)C4)CC3)c(F)c2)C(=O)N1)c1cccs1. The van der Waals surface area contributed by atoms with Crippen molar-refractivity contribution in [1.82, 2.24) is 10.6 Å². The number of amides is 2. The van der Waals surface area contributed by atoms with Crippen LogP contribution >= 0.6 is 11.3 Å². The second-order valence-corrected chi connectivity index (χ2v) is 12.8. The zero-order valence-corrected chi connectivity index (χ0v) is 20.6. The molecule has 0 radical (unpaired) electrons. The molecule has 2 aromatic rings. The maximum atomic E-state index is 15.1. The summed E-state index contributed by atoms with van der Waals surface area (Å²) < 4.78 is 53.1. The Morgan fingerprint density at radius 3 is 2.43 bits per heavy atom. The van der Waals surface area contributed by atoms with Crippen molar-refractivity contribution in [2.45, 2.75) is 31.2 Å². The first-order valence-corrected chi connectivity index (χ1v) is 14.5. The number of halogens is 2. The number of thiophene rings is 1. The molecule has 35 heavy (non-hydrogen) atoms. The number of piperidine rings is 1. The summed E-state index contributed by atoms with van der Waals surface area (Å²) in [6.45, 7) is 1.16. The number of hydrogen-bond acceptors (Lipinski definition) is 6. The number of benzene rings is 1. The van der Waals surface area contributed by atoms with Crippen molar-refractivity contribution in [3.05, 3.63) is 51.7 Å². The first-order valence-electron chi connectivity index (χ1n) is 11.8. The lowest BCUT2D eigenvalue weighted by molar-refractivity contribution is -0.120. The Morgan fingerprint density at radius 2 is 1.83 bits per heavy atom. The van der Waals surface area contributed by atoms with Crippen LogP contribution in [0.3, 0.4) is 0 Å². The van der Waals surface area contributed by atoms with E-state index in [4.69, 9.17) is 0 Å². The minimum Gasteiger partial charge on any atom is -0.367 e. The molecule has 3 aliphatic heterocycles. The topological polar surface area (TPSA) is 95.6 Å². The highest BCUT2D eigenvalue weighted by molar-refractivity contribution is 7.92. The molecule has 0 aliphatic carbocycles. The number of carbonyl (C=O) groups excluding carboxylic acids is 2. The molecule has 4 heterocycles. The molecule has 1 aromatic carbocycles. The lowest BCUT2D eigenvalue weighted by Gasteiger charge is -2.40. The lowest BCUT2D eigenvalue weighted by Crippen LogP contribution is -2.46. The van der Waals surface area contributed by atoms with Crippen LogP contribution < -0.4 is 15.5 Å². The standard InChI is InChI=1S/C24H27F2N3O4S2/c25-19-8-15(18-10-17(28-23(18)30)11-27-24(31)21-2-1-7-34-21)9-20(26)22(19)29-5-3-14(4-6-29)16-12-35(32,33)13-16/h1-2,7-9,14,16-18H,3-6,10-13H2,(H,27,31)(H,28,30)/t17?,18-/m0/s1. The third-order valence-corrected chi connectivity index (χ3v) is 10.1. The summed E-state index contributed by atoms with van der Waals surface area (Å²) in [7, 11) is -2.89. The summed E-state index contributed by atoms with van der Waals surface area (Å²) in [4.78, 5) is 26.9. The van der Waals surface area contributed by atoms with Gasteiger partial charge in [-0.2, -0.15) is 0 Å². The van der Waals surface area contributed by atoms with Gasteiger partial charge >= 0.3 is 0 Å². The molecule has 3 fully saturated rings. The largest absolute Gasteiger partial charge is 0.367 e. The molecule has 7 nitrogen and oxygen atoms in total. The number of rotatable bonds is 6. The van der Waals surface area contributed by atoms with E-state index in [0.717, 1.165) is 0 Å². The molecule has 1 unspecified atom stereocenters. The van der Waals surface area contributed by atoms with Crippen molar-refractivity contribution in [3.8, 4) is 0 Å². The van der Waals surface area contributed by atoms with Gasteiger partial charge in [-0.3, -0.25) is 9.59 Å². The van der Waals surface area contributed by atoms with E-state index < -0.39 is 27.4 Å². The highest BCUT2D eigenvalue weighted by atomic mass is 32.2. The van der Waals surface area contributed by atoms with Gasteiger partial charge in [-0.1, -0.05) is 6.07 Å². The number of sulfone groups is 1. The van der Waals surface area contributed by atoms with Gasteiger partial charge in [0, 0.05) is 25.7 Å². The van der Waals surface area contributed by atoms with Gasteiger partial charge in [-0.15, -0.1) is 11.3 Å². The first-order chi connectivity index (χ1) is 16.7. The van der Waals surface area contributed by atoms with Crippen LogP contribution in [0.2, 0.25) is 0 Å². The van der Waals surface area contributed by atoms with Crippen molar-refractivity contribution in [1.29, 1.82) is 0 Å². The number of carbonyl (C=O) groups is 2. The maximum absolute atomic E-state index is 15.1. The van der Waals surface area contributed by atoms with E-state index in [2.05, 4.69) is 10.6 Å². The second kappa shape index (κ2) is 9.50. The first kappa shape index (κ1) is 24.2. The molecule has 0 spiro atoms. The fraction of sp³-hybridized carbons (Fsp3) is 0.500. The van der Waals surface area contributed by atoms with Gasteiger partial charge in [0.15, 0.2) is 9.84 Å². The number of hydrogen-bond donors (Lipinski definition) is 2. The normalized spacial score (nSPS) is 24.7. The average molecular weight is 524 g/mol. The van der Waals surface area contributed by atoms with Gasteiger partial charge in [0.05, 0.1) is 22.3 Å². The minimum absolute atomic E-state index is 0.0911. The summed E-state index contributed by atoms with van der Waals surface area (Å²) in [5.41, 5.74) is 0.189. The number of anilines is 1. The monoisotopic (exact) mass is 523 g/mol. The molecular formula is C24H27F2N3O4S2. The van der Waals surface area contributed by atoms with Crippen LogP contribution in [0, 0.1) is 23.5 Å². The van der Waals surface area contributed by atoms with Gasteiger partial charge in [0.2, 0.25) is 5.91 Å². The van der Waals surface area contributed by atoms with Gasteiger partial charge in [-0.25, -0.2) is 17.2 Å². The van der Waals surface area contributed by atoms with E-state index in [-0.39, 0.29) is 59.0 Å². The van der Waals surface area contributed by atoms with Crippen LogP contribution in [0.1, 0.15) is 40.4 Å². The molecule has 2 atom stereocenters. The Bertz CT molecular complexity index is 1190. The van der Waals surface area contributed by atoms with Crippen LogP contribution in [-0.2, 0) is 14.6 Å². The second-order valence-electron chi connectivity index (χ2n) is 9.68. The van der Waals surface area contributed by atoms with Crippen molar-refractivity contribution in [2.24, 2.45) is 11.8 Å². The van der Waals surface area contributed by atoms with Crippen molar-refractivity contribution >= 4 is 38.7 Å². The average Bonchev–Trinajstić information content (AvgIpc) is 3.46. The van der Waals surface area contributed by atoms with Gasteiger partial charge in [0.1, 0.15) is 17.3 Å². The highest BCUT2D eigenvalue weighted by Gasteiger charge is 2.40. The van der Waals surface area contributed by atoms with E-state index in [1.807, 2.05) is 0 Å².